The molecule has 1 amide bonds. The average molecular weight is 261 g/mol. The molecule has 0 bridgehead atoms. The van der Waals surface area contributed by atoms with Gasteiger partial charge in [-0.05, 0) is 25.0 Å². The van der Waals surface area contributed by atoms with E-state index >= 15 is 0 Å². The Labute approximate surface area is 112 Å². The second-order valence-corrected chi connectivity index (χ2v) is 5.00. The number of methoxy groups -OCH3 is 1. The second-order valence-electron chi connectivity index (χ2n) is 5.00. The van der Waals surface area contributed by atoms with Gasteiger partial charge >= 0.3 is 0 Å². The molecule has 0 aliphatic heterocycles. The van der Waals surface area contributed by atoms with Crippen LogP contribution < -0.4 is 10.1 Å². The first-order chi connectivity index (χ1) is 9.02. The van der Waals surface area contributed by atoms with Crippen molar-refractivity contribution in [2.24, 2.45) is 5.92 Å². The van der Waals surface area contributed by atoms with Gasteiger partial charge in [0.2, 0.25) is 0 Å². The summed E-state index contributed by atoms with van der Waals surface area (Å²) in [4.78, 5) is 12.1. The zero-order chi connectivity index (χ0) is 14.0. The molecule has 0 saturated carbocycles. The van der Waals surface area contributed by atoms with Gasteiger partial charge in [0.05, 0.1) is 7.11 Å². The SMILES string of the molecule is COc1cccc2cc(C(=O)N[C@@H](C)C(C)C)oc12. The lowest BCUT2D eigenvalue weighted by Crippen LogP contribution is -2.35. The lowest BCUT2D eigenvalue weighted by atomic mass is 10.1. The standard InChI is InChI=1S/C15H19NO3/c1-9(2)10(3)16-15(17)13-8-11-6-5-7-12(18-4)14(11)19-13/h5-10H,1-4H3,(H,16,17)/t10-/m0/s1. The van der Waals surface area contributed by atoms with Crippen molar-refractivity contribution in [2.75, 3.05) is 7.11 Å². The number of rotatable bonds is 4. The van der Waals surface area contributed by atoms with Gasteiger partial charge in [-0.3, -0.25) is 4.79 Å². The van der Waals surface area contributed by atoms with Gasteiger partial charge in [-0.15, -0.1) is 0 Å². The summed E-state index contributed by atoms with van der Waals surface area (Å²) < 4.78 is 10.8. The van der Waals surface area contributed by atoms with Gasteiger partial charge < -0.3 is 14.5 Å². The summed E-state index contributed by atoms with van der Waals surface area (Å²) in [6.45, 7) is 6.10. The highest BCUT2D eigenvalue weighted by molar-refractivity contribution is 5.97. The largest absolute Gasteiger partial charge is 0.493 e. The van der Waals surface area contributed by atoms with E-state index in [1.54, 1.807) is 13.2 Å². The molecule has 1 N–H and O–H groups in total. The summed E-state index contributed by atoms with van der Waals surface area (Å²) in [5, 5.41) is 3.78. The number of fused-ring (bicyclic) bond motifs is 1. The van der Waals surface area contributed by atoms with Crippen LogP contribution in [0.15, 0.2) is 28.7 Å². The molecule has 0 aliphatic rings. The minimum absolute atomic E-state index is 0.0996. The Hall–Kier alpha value is -1.97. The highest BCUT2D eigenvalue weighted by Crippen LogP contribution is 2.28. The van der Waals surface area contributed by atoms with Crippen LogP contribution in [0.2, 0.25) is 0 Å². The fraction of sp³-hybridized carbons (Fsp3) is 0.400. The maximum absolute atomic E-state index is 12.1. The topological polar surface area (TPSA) is 51.5 Å². The number of ether oxygens (including phenoxy) is 1. The third-order valence-electron chi connectivity index (χ3n) is 3.31. The smallest absolute Gasteiger partial charge is 0.287 e. The fourth-order valence-electron chi connectivity index (χ4n) is 1.75. The maximum atomic E-state index is 12.1. The predicted molar refractivity (Wildman–Crippen MR) is 74.5 cm³/mol. The molecule has 0 aliphatic carbocycles. The zero-order valence-electron chi connectivity index (χ0n) is 11.7. The summed E-state index contributed by atoms with van der Waals surface area (Å²) in [5.41, 5.74) is 0.604. The van der Waals surface area contributed by atoms with Gasteiger partial charge in [-0.2, -0.15) is 0 Å². The molecule has 4 heteroatoms. The van der Waals surface area contributed by atoms with Gasteiger partial charge in [0.15, 0.2) is 17.1 Å². The highest BCUT2D eigenvalue weighted by atomic mass is 16.5. The summed E-state index contributed by atoms with van der Waals surface area (Å²) in [6, 6.07) is 7.41. The molecule has 0 unspecified atom stereocenters. The van der Waals surface area contributed by atoms with Gasteiger partial charge in [-0.25, -0.2) is 0 Å². The molecule has 4 nitrogen and oxygen atoms in total. The molecule has 102 valence electrons. The number of carbonyl (C=O) groups is 1. The third-order valence-corrected chi connectivity index (χ3v) is 3.31. The predicted octanol–water partition coefficient (Wildman–Crippen LogP) is 3.22. The van der Waals surface area contributed by atoms with Crippen LogP contribution in [0.4, 0.5) is 0 Å². The minimum Gasteiger partial charge on any atom is -0.493 e. The maximum Gasteiger partial charge on any atom is 0.287 e. The Morgan fingerprint density at radius 2 is 2.05 bits per heavy atom. The van der Waals surface area contributed by atoms with Crippen molar-refractivity contribution in [3.05, 3.63) is 30.0 Å². The lowest BCUT2D eigenvalue weighted by Gasteiger charge is -2.16. The van der Waals surface area contributed by atoms with Crippen LogP contribution in [-0.2, 0) is 0 Å². The van der Waals surface area contributed by atoms with Crippen molar-refractivity contribution < 1.29 is 13.9 Å². The number of hydrogen-bond donors (Lipinski definition) is 1. The number of para-hydroxylation sites is 1. The molecule has 0 spiro atoms. The number of benzene rings is 1. The average Bonchev–Trinajstić information content (AvgIpc) is 2.82. The fourth-order valence-corrected chi connectivity index (χ4v) is 1.75. The summed E-state index contributed by atoms with van der Waals surface area (Å²) in [6.07, 6.45) is 0. The van der Waals surface area contributed by atoms with E-state index in [1.165, 1.54) is 0 Å². The Morgan fingerprint density at radius 3 is 2.68 bits per heavy atom. The van der Waals surface area contributed by atoms with Gasteiger partial charge in [0, 0.05) is 11.4 Å². The number of hydrogen-bond acceptors (Lipinski definition) is 3. The van der Waals surface area contributed by atoms with Crippen molar-refractivity contribution in [2.45, 2.75) is 26.8 Å². The zero-order valence-corrected chi connectivity index (χ0v) is 11.7. The van der Waals surface area contributed by atoms with Gasteiger partial charge in [-0.1, -0.05) is 26.0 Å². The van der Waals surface area contributed by atoms with E-state index in [-0.39, 0.29) is 11.9 Å². The molecule has 0 radical (unpaired) electrons. The first kappa shape index (κ1) is 13.5. The summed E-state index contributed by atoms with van der Waals surface area (Å²) in [5.74, 6) is 1.13. The number of furan rings is 1. The van der Waals surface area contributed by atoms with E-state index in [1.807, 2.05) is 25.1 Å². The lowest BCUT2D eigenvalue weighted by molar-refractivity contribution is 0.0904. The molecule has 1 heterocycles. The first-order valence-electron chi connectivity index (χ1n) is 6.40. The quantitative estimate of drug-likeness (QED) is 0.919. The Balaban J connectivity index is 2.28. The van der Waals surface area contributed by atoms with Crippen LogP contribution in [0.1, 0.15) is 31.3 Å². The molecule has 19 heavy (non-hydrogen) atoms. The van der Waals surface area contributed by atoms with Crippen LogP contribution in [0.3, 0.4) is 0 Å². The van der Waals surface area contributed by atoms with E-state index in [0.29, 0.717) is 23.0 Å². The Kier molecular flexibility index (Phi) is 3.79. The number of carbonyl (C=O) groups excluding carboxylic acids is 1. The van der Waals surface area contributed by atoms with Crippen LogP contribution >= 0.6 is 0 Å². The molecular weight excluding hydrogens is 242 g/mol. The van der Waals surface area contributed by atoms with E-state index in [4.69, 9.17) is 9.15 Å². The minimum atomic E-state index is -0.195. The Bertz CT molecular complexity index is 586. The van der Waals surface area contributed by atoms with Gasteiger partial charge in [0.1, 0.15) is 0 Å². The first-order valence-corrected chi connectivity index (χ1v) is 6.40. The molecule has 2 rings (SSSR count). The van der Waals surface area contributed by atoms with E-state index in [9.17, 15) is 4.79 Å². The van der Waals surface area contributed by atoms with Crippen molar-refractivity contribution in [1.82, 2.24) is 5.32 Å². The van der Waals surface area contributed by atoms with Crippen molar-refractivity contribution in [1.29, 1.82) is 0 Å². The van der Waals surface area contributed by atoms with Crippen LogP contribution in [0, 0.1) is 5.92 Å². The van der Waals surface area contributed by atoms with Crippen LogP contribution in [0.5, 0.6) is 5.75 Å². The van der Waals surface area contributed by atoms with E-state index < -0.39 is 0 Å². The Morgan fingerprint density at radius 1 is 1.32 bits per heavy atom. The number of amides is 1. The third kappa shape index (κ3) is 2.72. The summed E-state index contributed by atoms with van der Waals surface area (Å²) >= 11 is 0. The monoisotopic (exact) mass is 261 g/mol. The van der Waals surface area contributed by atoms with Gasteiger partial charge in [0.25, 0.3) is 5.91 Å². The molecule has 0 fully saturated rings. The highest BCUT2D eigenvalue weighted by Gasteiger charge is 2.17. The van der Waals surface area contributed by atoms with Crippen molar-refractivity contribution in [3.8, 4) is 5.75 Å². The molecule has 1 aromatic heterocycles. The van der Waals surface area contributed by atoms with E-state index in [2.05, 4.69) is 19.2 Å². The second kappa shape index (κ2) is 5.34. The molecular formula is C15H19NO3. The van der Waals surface area contributed by atoms with Crippen molar-refractivity contribution in [3.63, 3.8) is 0 Å². The normalized spacial score (nSPS) is 12.7. The molecule has 1 aromatic carbocycles. The van der Waals surface area contributed by atoms with Crippen LogP contribution in [0.25, 0.3) is 11.0 Å². The van der Waals surface area contributed by atoms with Crippen molar-refractivity contribution >= 4 is 16.9 Å². The molecule has 1 atom stereocenters. The summed E-state index contributed by atoms with van der Waals surface area (Å²) in [7, 11) is 1.58. The molecule has 0 saturated heterocycles. The number of nitrogens with one attached hydrogen (secondary N) is 1. The van der Waals surface area contributed by atoms with Crippen LogP contribution in [-0.4, -0.2) is 19.1 Å². The van der Waals surface area contributed by atoms with E-state index in [0.717, 1.165) is 5.39 Å². The molecule has 2 aromatic rings.